The standard InChI is InChI=1S/C25H28N2O2/c1-17-15-22(28)24-21(20(17)9-6-14-26)11-10-18-16-27(19-7-4-3-5-8-19)23(29)12-13-25(18,24)2/h3-5,7-8,15-16,20-21,24H,6,9-13H2,1-2H3/t20-,21+,24-,25+/m1/s1. The third-order valence-electron chi connectivity index (χ3n) is 7.39. The van der Waals surface area contributed by atoms with Gasteiger partial charge in [0, 0.05) is 36.1 Å². The van der Waals surface area contributed by atoms with Crippen molar-refractivity contribution in [1.29, 1.82) is 5.26 Å². The predicted molar refractivity (Wildman–Crippen MR) is 113 cm³/mol. The SMILES string of the molecule is CC1=CC(=O)[C@H]2[C@@H](CCC3=CN(c4ccccc4)C(=O)CC[C@@]32C)[C@@H]1CCC#N. The third kappa shape index (κ3) is 3.33. The molecular weight excluding hydrogens is 360 g/mol. The van der Waals surface area contributed by atoms with Crippen molar-refractivity contribution in [3.8, 4) is 6.07 Å². The lowest BCUT2D eigenvalue weighted by atomic mass is 9.52. The highest BCUT2D eigenvalue weighted by Crippen LogP contribution is 2.57. The van der Waals surface area contributed by atoms with E-state index in [1.165, 1.54) is 5.57 Å². The van der Waals surface area contributed by atoms with Crippen LogP contribution in [0.5, 0.6) is 0 Å². The Morgan fingerprint density at radius 1 is 1.21 bits per heavy atom. The Kier molecular flexibility index (Phi) is 5.17. The number of rotatable bonds is 3. The van der Waals surface area contributed by atoms with E-state index < -0.39 is 0 Å². The number of ketones is 1. The quantitative estimate of drug-likeness (QED) is 0.717. The number of allylic oxidation sites excluding steroid dienone is 3. The van der Waals surface area contributed by atoms with Crippen LogP contribution in [0.25, 0.3) is 0 Å². The van der Waals surface area contributed by atoms with Crippen LogP contribution >= 0.6 is 0 Å². The first-order valence-electron chi connectivity index (χ1n) is 10.6. The summed E-state index contributed by atoms with van der Waals surface area (Å²) in [7, 11) is 0. The molecule has 0 saturated heterocycles. The van der Waals surface area contributed by atoms with E-state index in [0.29, 0.717) is 25.2 Å². The number of carbonyl (C=O) groups is 2. The molecule has 0 radical (unpaired) electrons. The highest BCUT2D eigenvalue weighted by Gasteiger charge is 2.53. The molecule has 4 heteroatoms. The number of fused-ring (bicyclic) bond motifs is 3. The number of benzene rings is 1. The van der Waals surface area contributed by atoms with Crippen molar-refractivity contribution in [1.82, 2.24) is 0 Å². The van der Waals surface area contributed by atoms with Gasteiger partial charge in [0.15, 0.2) is 5.78 Å². The number of amides is 1. The average molecular weight is 389 g/mol. The molecule has 1 aromatic rings. The van der Waals surface area contributed by atoms with E-state index in [9.17, 15) is 9.59 Å². The van der Waals surface area contributed by atoms with Gasteiger partial charge in [-0.2, -0.15) is 5.26 Å². The molecule has 1 aliphatic heterocycles. The zero-order valence-corrected chi connectivity index (χ0v) is 17.2. The number of nitriles is 1. The van der Waals surface area contributed by atoms with Gasteiger partial charge in [-0.1, -0.05) is 30.7 Å². The summed E-state index contributed by atoms with van der Waals surface area (Å²) in [6.07, 6.45) is 8.15. The van der Waals surface area contributed by atoms with Crippen LogP contribution in [0.2, 0.25) is 0 Å². The van der Waals surface area contributed by atoms with Gasteiger partial charge in [-0.05, 0) is 68.2 Å². The van der Waals surface area contributed by atoms with Crippen LogP contribution in [-0.2, 0) is 9.59 Å². The summed E-state index contributed by atoms with van der Waals surface area (Å²) in [5, 5.41) is 9.08. The molecule has 29 heavy (non-hydrogen) atoms. The molecular formula is C25H28N2O2. The van der Waals surface area contributed by atoms with Crippen molar-refractivity contribution in [2.45, 2.75) is 52.4 Å². The van der Waals surface area contributed by atoms with Crippen LogP contribution in [0.3, 0.4) is 0 Å². The summed E-state index contributed by atoms with van der Waals surface area (Å²) in [5.41, 5.74) is 2.92. The van der Waals surface area contributed by atoms with Gasteiger partial charge in [-0.3, -0.25) is 14.5 Å². The topological polar surface area (TPSA) is 61.2 Å². The summed E-state index contributed by atoms with van der Waals surface area (Å²) in [4.78, 5) is 27.9. The molecule has 4 rings (SSSR count). The highest BCUT2D eigenvalue weighted by atomic mass is 16.2. The molecule has 0 spiro atoms. The first-order valence-corrected chi connectivity index (χ1v) is 10.6. The number of para-hydroxylation sites is 1. The Morgan fingerprint density at radius 2 is 1.97 bits per heavy atom. The van der Waals surface area contributed by atoms with Gasteiger partial charge >= 0.3 is 0 Å². The Hall–Kier alpha value is -2.67. The summed E-state index contributed by atoms with van der Waals surface area (Å²) < 4.78 is 0. The van der Waals surface area contributed by atoms with E-state index >= 15 is 0 Å². The molecule has 1 saturated carbocycles. The van der Waals surface area contributed by atoms with Crippen LogP contribution < -0.4 is 4.90 Å². The lowest BCUT2D eigenvalue weighted by Gasteiger charge is -2.51. The van der Waals surface area contributed by atoms with E-state index in [1.807, 2.05) is 49.5 Å². The lowest BCUT2D eigenvalue weighted by Crippen LogP contribution is -2.48. The molecule has 3 aliphatic rings. The number of anilines is 1. The second-order valence-corrected chi connectivity index (χ2v) is 8.95. The van der Waals surface area contributed by atoms with E-state index in [4.69, 9.17) is 5.26 Å². The molecule has 150 valence electrons. The largest absolute Gasteiger partial charge is 0.295 e. The van der Waals surface area contributed by atoms with Gasteiger partial charge < -0.3 is 0 Å². The molecule has 0 unspecified atom stereocenters. The smallest absolute Gasteiger partial charge is 0.231 e. The Labute approximate surface area is 172 Å². The highest BCUT2D eigenvalue weighted by molar-refractivity contribution is 5.97. The van der Waals surface area contributed by atoms with Crippen molar-refractivity contribution >= 4 is 17.4 Å². The van der Waals surface area contributed by atoms with Gasteiger partial charge in [0.25, 0.3) is 0 Å². The number of nitrogens with zero attached hydrogens (tertiary/aromatic N) is 2. The fourth-order valence-electron chi connectivity index (χ4n) is 5.88. The normalized spacial score (nSPS) is 31.8. The van der Waals surface area contributed by atoms with Crippen LogP contribution in [0.15, 0.2) is 53.8 Å². The number of carbonyl (C=O) groups excluding carboxylic acids is 2. The van der Waals surface area contributed by atoms with Gasteiger partial charge in [0.2, 0.25) is 5.91 Å². The van der Waals surface area contributed by atoms with Crippen molar-refractivity contribution < 1.29 is 9.59 Å². The van der Waals surface area contributed by atoms with Gasteiger partial charge in [-0.25, -0.2) is 0 Å². The molecule has 0 aromatic heterocycles. The third-order valence-corrected chi connectivity index (χ3v) is 7.39. The minimum atomic E-state index is -0.304. The second-order valence-electron chi connectivity index (χ2n) is 8.95. The fourth-order valence-corrected chi connectivity index (χ4v) is 5.88. The maximum Gasteiger partial charge on any atom is 0.231 e. The first kappa shape index (κ1) is 19.6. The van der Waals surface area contributed by atoms with Crippen molar-refractivity contribution in [3.63, 3.8) is 0 Å². The summed E-state index contributed by atoms with van der Waals surface area (Å²) in [6.45, 7) is 4.22. The molecule has 4 nitrogen and oxygen atoms in total. The zero-order valence-electron chi connectivity index (χ0n) is 17.2. The lowest BCUT2D eigenvalue weighted by molar-refractivity contribution is -0.128. The average Bonchev–Trinajstić information content (AvgIpc) is 2.84. The van der Waals surface area contributed by atoms with E-state index in [-0.39, 0.29) is 28.9 Å². The molecule has 1 aromatic carbocycles. The molecule has 1 fully saturated rings. The minimum absolute atomic E-state index is 0.0897. The maximum absolute atomic E-state index is 13.2. The molecule has 4 atom stereocenters. The molecule has 0 bridgehead atoms. The van der Waals surface area contributed by atoms with Gasteiger partial charge in [-0.15, -0.1) is 0 Å². The molecule has 0 N–H and O–H groups in total. The monoisotopic (exact) mass is 388 g/mol. The number of hydrogen-bond acceptors (Lipinski definition) is 3. The van der Waals surface area contributed by atoms with Crippen molar-refractivity contribution in [2.75, 3.05) is 4.90 Å². The first-order chi connectivity index (χ1) is 14.0. The fraction of sp³-hybridized carbons (Fsp3) is 0.480. The van der Waals surface area contributed by atoms with Crippen LogP contribution in [0, 0.1) is 34.5 Å². The minimum Gasteiger partial charge on any atom is -0.295 e. The molecule has 1 amide bonds. The Bertz CT molecular complexity index is 924. The van der Waals surface area contributed by atoms with Crippen molar-refractivity contribution in [3.05, 3.63) is 53.8 Å². The molecule has 1 heterocycles. The predicted octanol–water partition coefficient (Wildman–Crippen LogP) is 5.18. The van der Waals surface area contributed by atoms with E-state index in [1.54, 1.807) is 4.90 Å². The van der Waals surface area contributed by atoms with Crippen LogP contribution in [0.4, 0.5) is 5.69 Å². The number of hydrogen-bond donors (Lipinski definition) is 0. The van der Waals surface area contributed by atoms with E-state index in [2.05, 4.69) is 13.0 Å². The summed E-state index contributed by atoms with van der Waals surface area (Å²) >= 11 is 0. The van der Waals surface area contributed by atoms with Crippen LogP contribution in [0.1, 0.15) is 52.4 Å². The zero-order chi connectivity index (χ0) is 20.6. The Morgan fingerprint density at radius 3 is 2.69 bits per heavy atom. The van der Waals surface area contributed by atoms with E-state index in [0.717, 1.165) is 30.5 Å². The van der Waals surface area contributed by atoms with Crippen molar-refractivity contribution in [2.24, 2.45) is 23.2 Å². The Balaban J connectivity index is 1.73. The van der Waals surface area contributed by atoms with Gasteiger partial charge in [0.05, 0.1) is 6.07 Å². The second kappa shape index (κ2) is 7.63. The van der Waals surface area contributed by atoms with Gasteiger partial charge in [0.1, 0.15) is 0 Å². The van der Waals surface area contributed by atoms with Crippen LogP contribution in [-0.4, -0.2) is 11.7 Å². The summed E-state index contributed by atoms with van der Waals surface area (Å²) in [5.74, 6) is 0.751. The summed E-state index contributed by atoms with van der Waals surface area (Å²) in [6, 6.07) is 12.0. The maximum atomic E-state index is 13.2. The molecule has 2 aliphatic carbocycles.